The Labute approximate surface area is 159 Å². The largest absolute Gasteiger partial charge is 0.493 e. The van der Waals surface area contributed by atoms with E-state index in [1.165, 1.54) is 0 Å². The Balaban J connectivity index is 1.90. The van der Waals surface area contributed by atoms with Gasteiger partial charge in [0, 0.05) is 11.4 Å². The van der Waals surface area contributed by atoms with Gasteiger partial charge in [-0.05, 0) is 68.7 Å². The zero-order valence-electron chi connectivity index (χ0n) is 16.2. The van der Waals surface area contributed by atoms with Crippen LogP contribution in [0.2, 0.25) is 0 Å². The first-order valence-electron chi connectivity index (χ1n) is 8.93. The second-order valence-electron chi connectivity index (χ2n) is 6.29. The molecule has 2 aromatic carbocycles. The van der Waals surface area contributed by atoms with Crippen LogP contribution >= 0.6 is 0 Å². The maximum atomic E-state index is 12.2. The molecule has 0 saturated carbocycles. The number of carbonyl (C=O) groups is 2. The van der Waals surface area contributed by atoms with Gasteiger partial charge in [-0.3, -0.25) is 10.1 Å². The minimum absolute atomic E-state index is 0.157. The zero-order valence-corrected chi connectivity index (χ0v) is 16.2. The highest BCUT2D eigenvalue weighted by molar-refractivity contribution is 5.94. The summed E-state index contributed by atoms with van der Waals surface area (Å²) in [5, 5.41) is 5.52. The minimum Gasteiger partial charge on any atom is -0.493 e. The third-order valence-corrected chi connectivity index (χ3v) is 3.91. The summed E-state index contributed by atoms with van der Waals surface area (Å²) in [6, 6.07) is 11.3. The number of nitrogens with one attached hydrogen (secondary N) is 2. The van der Waals surface area contributed by atoms with E-state index in [2.05, 4.69) is 16.7 Å². The number of ether oxygens (including phenoxy) is 2. The molecule has 0 fully saturated rings. The fourth-order valence-electron chi connectivity index (χ4n) is 2.67. The molecule has 27 heavy (non-hydrogen) atoms. The van der Waals surface area contributed by atoms with E-state index in [0.29, 0.717) is 18.0 Å². The van der Waals surface area contributed by atoms with Gasteiger partial charge in [0.25, 0.3) is 0 Å². The van der Waals surface area contributed by atoms with Gasteiger partial charge in [0.15, 0.2) is 0 Å². The van der Waals surface area contributed by atoms with Gasteiger partial charge >= 0.3 is 6.09 Å². The SMILES string of the molecule is CCOC(=O)Nc1cccc(NC(=O)CCOc2cc(C)cc(C)c2)c1C. The van der Waals surface area contributed by atoms with Crippen LogP contribution in [0.4, 0.5) is 16.2 Å². The molecule has 2 rings (SSSR count). The number of anilines is 2. The summed E-state index contributed by atoms with van der Waals surface area (Å²) in [6.45, 7) is 8.15. The van der Waals surface area contributed by atoms with Gasteiger partial charge in [-0.2, -0.15) is 0 Å². The quantitative estimate of drug-likeness (QED) is 0.747. The van der Waals surface area contributed by atoms with Gasteiger partial charge in [0.05, 0.1) is 19.6 Å². The van der Waals surface area contributed by atoms with Gasteiger partial charge in [-0.25, -0.2) is 4.79 Å². The third kappa shape index (κ3) is 6.33. The molecule has 0 heterocycles. The van der Waals surface area contributed by atoms with Crippen molar-refractivity contribution in [1.82, 2.24) is 0 Å². The number of benzene rings is 2. The van der Waals surface area contributed by atoms with Gasteiger partial charge in [-0.1, -0.05) is 12.1 Å². The van der Waals surface area contributed by atoms with Gasteiger partial charge in [0.2, 0.25) is 5.91 Å². The van der Waals surface area contributed by atoms with Gasteiger partial charge in [0.1, 0.15) is 5.75 Å². The molecule has 0 aliphatic rings. The van der Waals surface area contributed by atoms with E-state index in [1.807, 2.05) is 32.9 Å². The number of amides is 2. The summed E-state index contributed by atoms with van der Waals surface area (Å²) in [6.07, 6.45) is -0.298. The Morgan fingerprint density at radius 3 is 2.22 bits per heavy atom. The normalized spacial score (nSPS) is 10.2. The van der Waals surface area contributed by atoms with Gasteiger partial charge < -0.3 is 14.8 Å². The summed E-state index contributed by atoms with van der Waals surface area (Å²) in [5.74, 6) is 0.605. The van der Waals surface area contributed by atoms with Crippen LogP contribution in [0.3, 0.4) is 0 Å². The predicted octanol–water partition coefficient (Wildman–Crippen LogP) is 4.59. The lowest BCUT2D eigenvalue weighted by Gasteiger charge is -2.13. The highest BCUT2D eigenvalue weighted by Gasteiger charge is 2.10. The van der Waals surface area contributed by atoms with Crippen molar-refractivity contribution in [2.75, 3.05) is 23.8 Å². The first-order valence-corrected chi connectivity index (χ1v) is 8.93. The summed E-state index contributed by atoms with van der Waals surface area (Å²) in [4.78, 5) is 23.8. The second-order valence-corrected chi connectivity index (χ2v) is 6.29. The van der Waals surface area contributed by atoms with Crippen LogP contribution in [0.5, 0.6) is 5.75 Å². The van der Waals surface area contributed by atoms with E-state index in [-0.39, 0.29) is 18.9 Å². The number of rotatable bonds is 7. The Bertz CT molecular complexity index is 798. The van der Waals surface area contributed by atoms with E-state index in [4.69, 9.17) is 9.47 Å². The maximum absolute atomic E-state index is 12.2. The van der Waals surface area contributed by atoms with Crippen LogP contribution in [-0.4, -0.2) is 25.2 Å². The highest BCUT2D eigenvalue weighted by atomic mass is 16.5. The maximum Gasteiger partial charge on any atom is 0.411 e. The Hall–Kier alpha value is -3.02. The molecule has 0 radical (unpaired) electrons. The van der Waals surface area contributed by atoms with Gasteiger partial charge in [-0.15, -0.1) is 0 Å². The predicted molar refractivity (Wildman–Crippen MR) is 106 cm³/mol. The van der Waals surface area contributed by atoms with Crippen molar-refractivity contribution < 1.29 is 19.1 Å². The smallest absolute Gasteiger partial charge is 0.411 e. The average molecular weight is 370 g/mol. The Kier molecular flexibility index (Phi) is 7.23. The van der Waals surface area contributed by atoms with Crippen LogP contribution in [-0.2, 0) is 9.53 Å². The zero-order chi connectivity index (χ0) is 19.8. The first-order chi connectivity index (χ1) is 12.9. The van der Waals surface area contributed by atoms with Crippen molar-refractivity contribution in [3.63, 3.8) is 0 Å². The molecular weight excluding hydrogens is 344 g/mol. The van der Waals surface area contributed by atoms with E-state index < -0.39 is 6.09 Å². The lowest BCUT2D eigenvalue weighted by Crippen LogP contribution is -2.17. The molecule has 6 heteroatoms. The van der Waals surface area contributed by atoms with Crippen LogP contribution < -0.4 is 15.4 Å². The Morgan fingerprint density at radius 1 is 0.963 bits per heavy atom. The number of hydrogen-bond donors (Lipinski definition) is 2. The van der Waals surface area contributed by atoms with Crippen molar-refractivity contribution >= 4 is 23.4 Å². The van der Waals surface area contributed by atoms with Crippen molar-refractivity contribution in [3.05, 3.63) is 53.1 Å². The summed E-state index contributed by atoms with van der Waals surface area (Å²) in [7, 11) is 0. The van der Waals surface area contributed by atoms with Crippen molar-refractivity contribution in [3.8, 4) is 5.75 Å². The minimum atomic E-state index is -0.522. The summed E-state index contributed by atoms with van der Waals surface area (Å²) in [5.41, 5.74) is 4.24. The second kappa shape index (κ2) is 9.62. The van der Waals surface area contributed by atoms with Crippen LogP contribution in [0.1, 0.15) is 30.0 Å². The molecule has 0 unspecified atom stereocenters. The topological polar surface area (TPSA) is 76.7 Å². The third-order valence-electron chi connectivity index (χ3n) is 3.91. The van der Waals surface area contributed by atoms with Crippen LogP contribution in [0.25, 0.3) is 0 Å². The molecule has 0 spiro atoms. The average Bonchev–Trinajstić information content (AvgIpc) is 2.58. The number of carbonyl (C=O) groups excluding carboxylic acids is 2. The van der Waals surface area contributed by atoms with Crippen molar-refractivity contribution in [1.29, 1.82) is 0 Å². The first kappa shape index (κ1) is 20.3. The molecule has 0 aliphatic heterocycles. The molecule has 2 amide bonds. The lowest BCUT2D eigenvalue weighted by atomic mass is 10.1. The molecule has 2 N–H and O–H groups in total. The van der Waals surface area contributed by atoms with Crippen molar-refractivity contribution in [2.24, 2.45) is 0 Å². The lowest BCUT2D eigenvalue weighted by molar-refractivity contribution is -0.116. The number of hydrogen-bond acceptors (Lipinski definition) is 4. The fourth-order valence-corrected chi connectivity index (χ4v) is 2.67. The highest BCUT2D eigenvalue weighted by Crippen LogP contribution is 2.24. The molecule has 0 saturated heterocycles. The molecule has 2 aromatic rings. The van der Waals surface area contributed by atoms with E-state index in [1.54, 1.807) is 25.1 Å². The molecule has 0 aromatic heterocycles. The van der Waals surface area contributed by atoms with Crippen LogP contribution in [0.15, 0.2) is 36.4 Å². The number of aryl methyl sites for hydroxylation is 2. The molecule has 0 bridgehead atoms. The van der Waals surface area contributed by atoms with Crippen LogP contribution in [0, 0.1) is 20.8 Å². The van der Waals surface area contributed by atoms with E-state index in [0.717, 1.165) is 22.4 Å². The monoisotopic (exact) mass is 370 g/mol. The summed E-state index contributed by atoms with van der Waals surface area (Å²) < 4.78 is 10.6. The molecular formula is C21H26N2O4. The molecule has 0 aliphatic carbocycles. The Morgan fingerprint density at radius 2 is 1.59 bits per heavy atom. The fraction of sp³-hybridized carbons (Fsp3) is 0.333. The standard InChI is InChI=1S/C21H26N2O4/c1-5-26-21(25)23-19-8-6-7-18(16(19)4)22-20(24)9-10-27-17-12-14(2)11-15(3)13-17/h6-8,11-13H,5,9-10H2,1-4H3,(H,22,24)(H,23,25). The molecule has 6 nitrogen and oxygen atoms in total. The van der Waals surface area contributed by atoms with E-state index >= 15 is 0 Å². The molecule has 0 atom stereocenters. The molecule has 144 valence electrons. The van der Waals surface area contributed by atoms with E-state index in [9.17, 15) is 9.59 Å². The van der Waals surface area contributed by atoms with Crippen molar-refractivity contribution in [2.45, 2.75) is 34.1 Å². The summed E-state index contributed by atoms with van der Waals surface area (Å²) >= 11 is 0.